The topological polar surface area (TPSA) is 84.5 Å². The zero-order valence-electron chi connectivity index (χ0n) is 12.8. The van der Waals surface area contributed by atoms with E-state index in [0.29, 0.717) is 25.6 Å². The zero-order chi connectivity index (χ0) is 15.5. The highest BCUT2D eigenvalue weighted by molar-refractivity contribution is 7.89. The SMILES string of the molecule is CN1CCC(CN(C)S(=O)(=O)c2cnn(CCCN)c2)C1. The third-order valence-electron chi connectivity index (χ3n) is 3.91. The highest BCUT2D eigenvalue weighted by Crippen LogP contribution is 2.19. The van der Waals surface area contributed by atoms with Crippen LogP contribution in [0, 0.1) is 5.92 Å². The quantitative estimate of drug-likeness (QED) is 0.753. The first-order valence-corrected chi connectivity index (χ1v) is 8.75. The van der Waals surface area contributed by atoms with Crippen molar-refractivity contribution in [3.63, 3.8) is 0 Å². The van der Waals surface area contributed by atoms with E-state index >= 15 is 0 Å². The molecule has 1 unspecified atom stereocenters. The van der Waals surface area contributed by atoms with Crippen molar-refractivity contribution >= 4 is 10.0 Å². The second-order valence-corrected chi connectivity index (χ2v) is 7.83. The molecule has 0 aliphatic carbocycles. The first kappa shape index (κ1) is 16.4. The molecule has 0 saturated carbocycles. The fourth-order valence-electron chi connectivity index (χ4n) is 2.67. The van der Waals surface area contributed by atoms with Crippen LogP contribution in [0.5, 0.6) is 0 Å². The molecule has 1 aliphatic heterocycles. The van der Waals surface area contributed by atoms with E-state index in [1.807, 2.05) is 0 Å². The maximum Gasteiger partial charge on any atom is 0.245 e. The molecule has 0 bridgehead atoms. The molecular formula is C13H25N5O2S. The van der Waals surface area contributed by atoms with E-state index < -0.39 is 10.0 Å². The summed E-state index contributed by atoms with van der Waals surface area (Å²) in [7, 11) is 0.261. The van der Waals surface area contributed by atoms with Gasteiger partial charge in [-0.15, -0.1) is 0 Å². The number of nitrogens with two attached hydrogens (primary N) is 1. The number of hydrogen-bond donors (Lipinski definition) is 1. The molecule has 2 rings (SSSR count). The van der Waals surface area contributed by atoms with Crippen LogP contribution in [0.3, 0.4) is 0 Å². The van der Waals surface area contributed by atoms with Crippen LogP contribution in [0.25, 0.3) is 0 Å². The summed E-state index contributed by atoms with van der Waals surface area (Å²) in [4.78, 5) is 2.49. The molecule has 0 spiro atoms. The smallest absolute Gasteiger partial charge is 0.245 e. The highest BCUT2D eigenvalue weighted by atomic mass is 32.2. The van der Waals surface area contributed by atoms with Gasteiger partial charge in [-0.1, -0.05) is 0 Å². The molecule has 0 amide bonds. The van der Waals surface area contributed by atoms with Gasteiger partial charge in [0.25, 0.3) is 0 Å². The van der Waals surface area contributed by atoms with Gasteiger partial charge in [-0.2, -0.15) is 5.10 Å². The van der Waals surface area contributed by atoms with Gasteiger partial charge in [0.1, 0.15) is 4.90 Å². The van der Waals surface area contributed by atoms with Crippen molar-refractivity contribution in [3.05, 3.63) is 12.4 Å². The first-order valence-electron chi connectivity index (χ1n) is 7.31. The fourth-order valence-corrected chi connectivity index (χ4v) is 3.87. The van der Waals surface area contributed by atoms with Gasteiger partial charge in [0.15, 0.2) is 0 Å². The Hall–Kier alpha value is -0.960. The molecule has 0 radical (unpaired) electrons. The molecule has 1 aromatic heterocycles. The summed E-state index contributed by atoms with van der Waals surface area (Å²) in [5, 5.41) is 4.09. The van der Waals surface area contributed by atoms with Gasteiger partial charge in [-0.25, -0.2) is 12.7 Å². The monoisotopic (exact) mass is 315 g/mol. The molecule has 0 aromatic carbocycles. The number of likely N-dealkylation sites (tertiary alicyclic amines) is 1. The van der Waals surface area contributed by atoms with Gasteiger partial charge in [0, 0.05) is 32.9 Å². The summed E-state index contributed by atoms with van der Waals surface area (Å²) < 4.78 is 28.1. The number of nitrogens with zero attached hydrogens (tertiary/aromatic N) is 4. The molecule has 1 aliphatic rings. The second-order valence-electron chi connectivity index (χ2n) is 5.78. The van der Waals surface area contributed by atoms with E-state index in [1.54, 1.807) is 17.9 Å². The molecule has 1 fully saturated rings. The Morgan fingerprint density at radius 3 is 2.90 bits per heavy atom. The first-order chi connectivity index (χ1) is 9.93. The Morgan fingerprint density at radius 1 is 1.52 bits per heavy atom. The molecule has 7 nitrogen and oxygen atoms in total. The molecule has 8 heteroatoms. The minimum Gasteiger partial charge on any atom is -0.330 e. The van der Waals surface area contributed by atoms with Crippen LogP contribution in [-0.4, -0.2) is 67.7 Å². The fraction of sp³-hybridized carbons (Fsp3) is 0.769. The Kier molecular flexibility index (Phi) is 5.37. The van der Waals surface area contributed by atoms with Gasteiger partial charge >= 0.3 is 0 Å². The summed E-state index contributed by atoms with van der Waals surface area (Å²) in [5.41, 5.74) is 5.45. The van der Waals surface area contributed by atoms with Gasteiger partial charge in [0.05, 0.1) is 6.20 Å². The van der Waals surface area contributed by atoms with Crippen molar-refractivity contribution in [2.75, 3.05) is 40.3 Å². The average molecular weight is 315 g/mol. The maximum absolute atomic E-state index is 12.5. The highest BCUT2D eigenvalue weighted by Gasteiger charge is 2.28. The van der Waals surface area contributed by atoms with E-state index in [-0.39, 0.29) is 4.90 Å². The number of hydrogen-bond acceptors (Lipinski definition) is 5. The number of aryl methyl sites for hydroxylation is 1. The van der Waals surface area contributed by atoms with Crippen molar-refractivity contribution in [1.82, 2.24) is 19.0 Å². The number of sulfonamides is 1. The van der Waals surface area contributed by atoms with Crippen LogP contribution in [-0.2, 0) is 16.6 Å². The van der Waals surface area contributed by atoms with Crippen molar-refractivity contribution in [2.24, 2.45) is 11.7 Å². The van der Waals surface area contributed by atoms with Crippen molar-refractivity contribution < 1.29 is 8.42 Å². The molecule has 2 heterocycles. The van der Waals surface area contributed by atoms with E-state index in [4.69, 9.17) is 5.73 Å². The van der Waals surface area contributed by atoms with Crippen LogP contribution in [0.4, 0.5) is 0 Å². The van der Waals surface area contributed by atoms with Gasteiger partial charge in [0.2, 0.25) is 10.0 Å². The van der Waals surface area contributed by atoms with E-state index in [0.717, 1.165) is 25.9 Å². The normalized spacial score (nSPS) is 20.5. The number of aromatic nitrogens is 2. The van der Waals surface area contributed by atoms with Crippen molar-refractivity contribution in [1.29, 1.82) is 0 Å². The summed E-state index contributed by atoms with van der Waals surface area (Å²) in [5.74, 6) is 0.405. The molecule has 2 N–H and O–H groups in total. The predicted molar refractivity (Wildman–Crippen MR) is 81.3 cm³/mol. The number of rotatable bonds is 7. The Bertz CT molecular complexity index is 557. The Morgan fingerprint density at radius 2 is 2.29 bits per heavy atom. The summed E-state index contributed by atoms with van der Waals surface area (Å²) in [6.07, 6.45) is 4.84. The lowest BCUT2D eigenvalue weighted by Gasteiger charge is -2.20. The summed E-state index contributed by atoms with van der Waals surface area (Å²) in [6, 6.07) is 0. The third kappa shape index (κ3) is 4.03. The lowest BCUT2D eigenvalue weighted by molar-refractivity contribution is 0.356. The van der Waals surface area contributed by atoms with Gasteiger partial charge in [-0.05, 0) is 38.9 Å². The molecule has 1 atom stereocenters. The van der Waals surface area contributed by atoms with Crippen LogP contribution in [0.15, 0.2) is 17.3 Å². The summed E-state index contributed by atoms with van der Waals surface area (Å²) >= 11 is 0. The Balaban J connectivity index is 2.01. The molecule has 21 heavy (non-hydrogen) atoms. The van der Waals surface area contributed by atoms with E-state index in [9.17, 15) is 8.42 Å². The van der Waals surface area contributed by atoms with Crippen molar-refractivity contribution in [3.8, 4) is 0 Å². The van der Waals surface area contributed by atoms with Crippen molar-refractivity contribution in [2.45, 2.75) is 24.3 Å². The lowest BCUT2D eigenvalue weighted by atomic mass is 10.1. The largest absolute Gasteiger partial charge is 0.330 e. The molecule has 120 valence electrons. The lowest BCUT2D eigenvalue weighted by Crippen LogP contribution is -2.32. The summed E-state index contributed by atoms with van der Waals surface area (Å²) in [6.45, 7) is 3.76. The van der Waals surface area contributed by atoms with Crippen LogP contribution in [0.1, 0.15) is 12.8 Å². The zero-order valence-corrected chi connectivity index (χ0v) is 13.6. The van der Waals surface area contributed by atoms with Gasteiger partial charge in [-0.3, -0.25) is 4.68 Å². The predicted octanol–water partition coefficient (Wildman–Crippen LogP) is -0.196. The van der Waals surface area contributed by atoms with Crippen LogP contribution in [0.2, 0.25) is 0 Å². The molecule has 1 saturated heterocycles. The minimum atomic E-state index is -3.45. The van der Waals surface area contributed by atoms with Crippen LogP contribution >= 0.6 is 0 Å². The van der Waals surface area contributed by atoms with E-state index in [1.165, 1.54) is 10.5 Å². The average Bonchev–Trinajstić information content (AvgIpc) is 3.06. The van der Waals surface area contributed by atoms with Gasteiger partial charge < -0.3 is 10.6 Å². The Labute approximate surface area is 126 Å². The maximum atomic E-state index is 12.5. The third-order valence-corrected chi connectivity index (χ3v) is 5.69. The standard InChI is InChI=1S/C13H25N5O2S/c1-16-7-4-12(9-16)10-17(2)21(19,20)13-8-15-18(11-13)6-3-5-14/h8,11-12H,3-7,9-10,14H2,1-2H3. The molecule has 1 aromatic rings. The second kappa shape index (κ2) is 6.87. The van der Waals surface area contributed by atoms with E-state index in [2.05, 4.69) is 17.0 Å². The molecular weight excluding hydrogens is 290 g/mol. The minimum absolute atomic E-state index is 0.258. The van der Waals surface area contributed by atoms with Crippen LogP contribution < -0.4 is 5.73 Å².